The highest BCUT2D eigenvalue weighted by molar-refractivity contribution is 5.99. The Balaban J connectivity index is 2.34. The van der Waals surface area contributed by atoms with Crippen LogP contribution in [-0.2, 0) is 9.53 Å². The average Bonchev–Trinajstić information content (AvgIpc) is 2.64. The zero-order valence-electron chi connectivity index (χ0n) is 13.2. The number of esters is 1. The van der Waals surface area contributed by atoms with Gasteiger partial charge in [-0.3, -0.25) is 14.5 Å². The fraction of sp³-hybridized carbons (Fsp3) is 0.529. The Bertz CT molecular complexity index is 551. The van der Waals surface area contributed by atoms with Gasteiger partial charge in [-0.2, -0.15) is 0 Å². The summed E-state index contributed by atoms with van der Waals surface area (Å²) in [6, 6.07) is 5.69. The van der Waals surface area contributed by atoms with Crippen molar-refractivity contribution in [3.05, 3.63) is 34.9 Å². The molecule has 4 heteroatoms. The second-order valence-electron chi connectivity index (χ2n) is 6.03. The van der Waals surface area contributed by atoms with Gasteiger partial charge < -0.3 is 4.74 Å². The zero-order valence-corrected chi connectivity index (χ0v) is 13.2. The molecule has 0 bridgehead atoms. The quantitative estimate of drug-likeness (QED) is 0.780. The predicted octanol–water partition coefficient (Wildman–Crippen LogP) is 3.45. The topological polar surface area (TPSA) is 46.6 Å². The SMILES string of the molecule is CCCC(=O)OC1c2cc(C)ccc2C(=O)N1CC(C)C. The molecule has 1 aliphatic heterocycles. The molecule has 0 aliphatic carbocycles. The minimum Gasteiger partial charge on any atom is -0.437 e. The lowest BCUT2D eigenvalue weighted by Gasteiger charge is -2.26. The molecular weight excluding hydrogens is 266 g/mol. The monoisotopic (exact) mass is 289 g/mol. The maximum atomic E-state index is 12.5. The van der Waals surface area contributed by atoms with Gasteiger partial charge in [-0.05, 0) is 31.4 Å². The van der Waals surface area contributed by atoms with Gasteiger partial charge in [0.2, 0.25) is 6.23 Å². The number of aryl methyl sites for hydroxylation is 1. The third-order valence-electron chi connectivity index (χ3n) is 3.51. The van der Waals surface area contributed by atoms with E-state index < -0.39 is 6.23 Å². The van der Waals surface area contributed by atoms with Crippen LogP contribution in [0.3, 0.4) is 0 Å². The van der Waals surface area contributed by atoms with Crippen LogP contribution in [-0.4, -0.2) is 23.3 Å². The minimum absolute atomic E-state index is 0.0481. The molecule has 0 radical (unpaired) electrons. The van der Waals surface area contributed by atoms with E-state index in [1.807, 2.05) is 45.9 Å². The first kappa shape index (κ1) is 15.5. The highest BCUT2D eigenvalue weighted by Crippen LogP contribution is 2.36. The summed E-state index contributed by atoms with van der Waals surface area (Å²) in [6.45, 7) is 8.58. The molecule has 1 aliphatic rings. The number of benzene rings is 1. The smallest absolute Gasteiger partial charge is 0.307 e. The van der Waals surface area contributed by atoms with E-state index in [2.05, 4.69) is 0 Å². The maximum Gasteiger partial charge on any atom is 0.307 e. The fourth-order valence-electron chi connectivity index (χ4n) is 2.60. The Labute approximate surface area is 126 Å². The van der Waals surface area contributed by atoms with Crippen LogP contribution < -0.4 is 0 Å². The van der Waals surface area contributed by atoms with E-state index >= 15 is 0 Å². The van der Waals surface area contributed by atoms with Crippen molar-refractivity contribution in [2.75, 3.05) is 6.54 Å². The van der Waals surface area contributed by atoms with Gasteiger partial charge in [-0.25, -0.2) is 0 Å². The summed E-state index contributed by atoms with van der Waals surface area (Å²) in [5, 5.41) is 0. The van der Waals surface area contributed by atoms with Crippen molar-refractivity contribution >= 4 is 11.9 Å². The fourth-order valence-corrected chi connectivity index (χ4v) is 2.60. The van der Waals surface area contributed by atoms with Crippen LogP contribution in [0.15, 0.2) is 18.2 Å². The van der Waals surface area contributed by atoms with Gasteiger partial charge in [0.1, 0.15) is 0 Å². The van der Waals surface area contributed by atoms with Gasteiger partial charge in [0, 0.05) is 24.1 Å². The highest BCUT2D eigenvalue weighted by atomic mass is 16.6. The number of hydrogen-bond acceptors (Lipinski definition) is 3. The van der Waals surface area contributed by atoms with Gasteiger partial charge in [0.15, 0.2) is 0 Å². The van der Waals surface area contributed by atoms with Crippen molar-refractivity contribution in [2.24, 2.45) is 5.92 Å². The van der Waals surface area contributed by atoms with E-state index in [0.717, 1.165) is 17.5 Å². The van der Waals surface area contributed by atoms with Crippen LogP contribution in [0.1, 0.15) is 61.3 Å². The Hall–Kier alpha value is -1.84. The second kappa shape index (κ2) is 6.29. The van der Waals surface area contributed by atoms with E-state index in [1.165, 1.54) is 0 Å². The van der Waals surface area contributed by atoms with Gasteiger partial charge in [-0.15, -0.1) is 0 Å². The van der Waals surface area contributed by atoms with Gasteiger partial charge in [-0.1, -0.05) is 32.4 Å². The Morgan fingerprint density at radius 1 is 1.38 bits per heavy atom. The predicted molar refractivity (Wildman–Crippen MR) is 80.8 cm³/mol. The molecule has 0 fully saturated rings. The molecule has 4 nitrogen and oxygen atoms in total. The molecule has 1 aromatic rings. The number of fused-ring (bicyclic) bond motifs is 1. The molecule has 0 spiro atoms. The molecule has 21 heavy (non-hydrogen) atoms. The molecule has 0 N–H and O–H groups in total. The van der Waals surface area contributed by atoms with Crippen molar-refractivity contribution in [3.8, 4) is 0 Å². The molecule has 1 atom stereocenters. The molecule has 1 amide bonds. The molecule has 1 aromatic carbocycles. The summed E-state index contributed by atoms with van der Waals surface area (Å²) in [4.78, 5) is 26.1. The van der Waals surface area contributed by atoms with E-state index in [4.69, 9.17) is 4.74 Å². The molecule has 0 saturated carbocycles. The summed E-state index contributed by atoms with van der Waals surface area (Å²) < 4.78 is 5.58. The number of nitrogens with zero attached hydrogens (tertiary/aromatic N) is 1. The number of rotatable bonds is 5. The number of hydrogen-bond donors (Lipinski definition) is 0. The molecule has 2 rings (SSSR count). The van der Waals surface area contributed by atoms with E-state index in [9.17, 15) is 9.59 Å². The molecule has 114 valence electrons. The van der Waals surface area contributed by atoms with Crippen LogP contribution in [0.2, 0.25) is 0 Å². The van der Waals surface area contributed by atoms with Crippen LogP contribution in [0.4, 0.5) is 0 Å². The first-order chi connectivity index (χ1) is 9.93. The third kappa shape index (κ3) is 3.26. The van der Waals surface area contributed by atoms with Gasteiger partial charge >= 0.3 is 5.97 Å². The average molecular weight is 289 g/mol. The Morgan fingerprint density at radius 2 is 2.10 bits per heavy atom. The molecule has 0 saturated heterocycles. The number of carbonyl (C=O) groups is 2. The summed E-state index contributed by atoms with van der Waals surface area (Å²) in [5.41, 5.74) is 2.52. The second-order valence-corrected chi connectivity index (χ2v) is 6.03. The van der Waals surface area contributed by atoms with Crippen molar-refractivity contribution < 1.29 is 14.3 Å². The van der Waals surface area contributed by atoms with Crippen LogP contribution in [0, 0.1) is 12.8 Å². The molecule has 0 aromatic heterocycles. The van der Waals surface area contributed by atoms with Crippen molar-refractivity contribution in [1.29, 1.82) is 0 Å². The number of carbonyl (C=O) groups excluding carboxylic acids is 2. The maximum absolute atomic E-state index is 12.5. The lowest BCUT2D eigenvalue weighted by molar-refractivity contribution is -0.157. The largest absolute Gasteiger partial charge is 0.437 e. The van der Waals surface area contributed by atoms with E-state index in [-0.39, 0.29) is 11.9 Å². The molecular formula is C17H23NO3. The summed E-state index contributed by atoms with van der Waals surface area (Å²) in [6.07, 6.45) is 0.542. The van der Waals surface area contributed by atoms with Crippen LogP contribution in [0.5, 0.6) is 0 Å². The summed E-state index contributed by atoms with van der Waals surface area (Å²) in [5.74, 6) is 0.0168. The van der Waals surface area contributed by atoms with E-state index in [1.54, 1.807) is 4.90 Å². The number of amides is 1. The number of ether oxygens (including phenoxy) is 1. The van der Waals surface area contributed by atoms with Crippen molar-refractivity contribution in [3.63, 3.8) is 0 Å². The highest BCUT2D eigenvalue weighted by Gasteiger charge is 2.39. The van der Waals surface area contributed by atoms with Gasteiger partial charge in [0.25, 0.3) is 5.91 Å². The first-order valence-electron chi connectivity index (χ1n) is 7.55. The normalized spacial score (nSPS) is 17.3. The van der Waals surface area contributed by atoms with Crippen LogP contribution >= 0.6 is 0 Å². The molecule has 1 heterocycles. The van der Waals surface area contributed by atoms with E-state index in [0.29, 0.717) is 24.4 Å². The van der Waals surface area contributed by atoms with Crippen LogP contribution in [0.25, 0.3) is 0 Å². The van der Waals surface area contributed by atoms with Crippen molar-refractivity contribution in [1.82, 2.24) is 4.90 Å². The van der Waals surface area contributed by atoms with Gasteiger partial charge in [0.05, 0.1) is 0 Å². The summed E-state index contributed by atoms with van der Waals surface area (Å²) >= 11 is 0. The molecule has 1 unspecified atom stereocenters. The lowest BCUT2D eigenvalue weighted by atomic mass is 10.1. The Morgan fingerprint density at radius 3 is 2.71 bits per heavy atom. The lowest BCUT2D eigenvalue weighted by Crippen LogP contribution is -2.34. The Kier molecular flexibility index (Phi) is 4.66. The summed E-state index contributed by atoms with van der Waals surface area (Å²) in [7, 11) is 0. The van der Waals surface area contributed by atoms with Crippen molar-refractivity contribution in [2.45, 2.75) is 46.8 Å². The standard InChI is InChI=1S/C17H23NO3/c1-5-6-15(19)21-17-14-9-12(4)7-8-13(14)16(20)18(17)10-11(2)3/h7-9,11,17H,5-6,10H2,1-4H3. The minimum atomic E-state index is -0.575. The third-order valence-corrected chi connectivity index (χ3v) is 3.51. The first-order valence-corrected chi connectivity index (χ1v) is 7.55. The zero-order chi connectivity index (χ0) is 15.6.